The monoisotopic (exact) mass is 216 g/mol. The lowest BCUT2D eigenvalue weighted by Gasteiger charge is -2.27. The zero-order valence-electron chi connectivity index (χ0n) is 8.36. The van der Waals surface area contributed by atoms with Gasteiger partial charge in [-0.05, 0) is 25.7 Å². The molecule has 3 nitrogen and oxygen atoms in total. The van der Waals surface area contributed by atoms with E-state index in [-0.39, 0.29) is 5.92 Å². The van der Waals surface area contributed by atoms with Crippen LogP contribution in [0, 0.1) is 17.8 Å². The molecule has 2 unspecified atom stereocenters. The van der Waals surface area contributed by atoms with Gasteiger partial charge in [-0.2, -0.15) is 8.42 Å². The molecule has 0 aromatic carbocycles. The van der Waals surface area contributed by atoms with Crippen molar-refractivity contribution in [3.8, 4) is 11.8 Å². The second-order valence-electron chi connectivity index (χ2n) is 3.73. The molecule has 14 heavy (non-hydrogen) atoms. The van der Waals surface area contributed by atoms with E-state index >= 15 is 0 Å². The molecule has 1 N–H and O–H groups in total. The van der Waals surface area contributed by atoms with Gasteiger partial charge in [-0.3, -0.25) is 4.55 Å². The van der Waals surface area contributed by atoms with Crippen molar-refractivity contribution in [3.05, 3.63) is 0 Å². The summed E-state index contributed by atoms with van der Waals surface area (Å²) in [6.45, 7) is 1.74. The third-order valence-electron chi connectivity index (χ3n) is 2.76. The van der Waals surface area contributed by atoms with Crippen molar-refractivity contribution in [1.29, 1.82) is 0 Å². The van der Waals surface area contributed by atoms with Gasteiger partial charge in [-0.1, -0.05) is 12.8 Å². The predicted octanol–water partition coefficient (Wildman–Crippen LogP) is 1.85. The van der Waals surface area contributed by atoms with Gasteiger partial charge in [0.05, 0.1) is 5.25 Å². The van der Waals surface area contributed by atoms with Crippen LogP contribution in [0.25, 0.3) is 0 Å². The van der Waals surface area contributed by atoms with Crippen molar-refractivity contribution < 1.29 is 13.0 Å². The SMILES string of the molecule is CC#CCC1CCCCC1S(=O)(=O)O. The topological polar surface area (TPSA) is 54.4 Å². The smallest absolute Gasteiger partial charge is 0.268 e. The van der Waals surface area contributed by atoms with Crippen LogP contribution in [0.3, 0.4) is 0 Å². The molecule has 0 aromatic heterocycles. The Labute approximate surface area is 85.6 Å². The van der Waals surface area contributed by atoms with E-state index in [1.54, 1.807) is 6.92 Å². The minimum absolute atomic E-state index is 0.0196. The Morgan fingerprint density at radius 2 is 2.00 bits per heavy atom. The second kappa shape index (κ2) is 4.81. The molecule has 0 spiro atoms. The lowest BCUT2D eigenvalue weighted by molar-refractivity contribution is 0.341. The first-order valence-corrected chi connectivity index (χ1v) is 6.42. The van der Waals surface area contributed by atoms with Gasteiger partial charge in [0.2, 0.25) is 0 Å². The first-order chi connectivity index (χ1) is 6.55. The normalized spacial score (nSPS) is 27.9. The van der Waals surface area contributed by atoms with Crippen LogP contribution < -0.4 is 0 Å². The summed E-state index contributed by atoms with van der Waals surface area (Å²) < 4.78 is 31.2. The Kier molecular flexibility index (Phi) is 3.97. The van der Waals surface area contributed by atoms with E-state index in [4.69, 9.17) is 4.55 Å². The van der Waals surface area contributed by atoms with Gasteiger partial charge in [0.15, 0.2) is 0 Å². The van der Waals surface area contributed by atoms with E-state index in [0.717, 1.165) is 19.3 Å². The molecule has 4 heteroatoms. The van der Waals surface area contributed by atoms with Crippen LogP contribution in [0.4, 0.5) is 0 Å². The second-order valence-corrected chi connectivity index (χ2v) is 5.36. The number of rotatable bonds is 2. The van der Waals surface area contributed by atoms with Crippen molar-refractivity contribution >= 4 is 10.1 Å². The van der Waals surface area contributed by atoms with Crippen LogP contribution in [-0.4, -0.2) is 18.2 Å². The van der Waals surface area contributed by atoms with Crippen molar-refractivity contribution in [2.24, 2.45) is 5.92 Å². The van der Waals surface area contributed by atoms with Crippen LogP contribution in [-0.2, 0) is 10.1 Å². The highest BCUT2D eigenvalue weighted by Gasteiger charge is 2.33. The van der Waals surface area contributed by atoms with Gasteiger partial charge in [0.1, 0.15) is 0 Å². The highest BCUT2D eigenvalue weighted by Crippen LogP contribution is 2.31. The van der Waals surface area contributed by atoms with Gasteiger partial charge < -0.3 is 0 Å². The zero-order valence-corrected chi connectivity index (χ0v) is 9.18. The maximum Gasteiger partial charge on any atom is 0.268 e. The summed E-state index contributed by atoms with van der Waals surface area (Å²) in [5.74, 6) is 5.67. The average molecular weight is 216 g/mol. The fraction of sp³-hybridized carbons (Fsp3) is 0.800. The highest BCUT2D eigenvalue weighted by atomic mass is 32.2. The van der Waals surface area contributed by atoms with E-state index in [9.17, 15) is 8.42 Å². The van der Waals surface area contributed by atoms with Gasteiger partial charge >= 0.3 is 0 Å². The largest absolute Gasteiger partial charge is 0.285 e. The molecule has 1 aliphatic carbocycles. The molecule has 0 aromatic rings. The van der Waals surface area contributed by atoms with Crippen LogP contribution in [0.5, 0.6) is 0 Å². The fourth-order valence-corrected chi connectivity index (χ4v) is 3.22. The maximum atomic E-state index is 11.1. The lowest BCUT2D eigenvalue weighted by atomic mass is 9.86. The molecule has 0 amide bonds. The van der Waals surface area contributed by atoms with Crippen LogP contribution >= 0.6 is 0 Å². The summed E-state index contributed by atoms with van der Waals surface area (Å²) in [6, 6.07) is 0. The molecular weight excluding hydrogens is 200 g/mol. The Morgan fingerprint density at radius 3 is 2.57 bits per heavy atom. The Hall–Kier alpha value is -0.530. The summed E-state index contributed by atoms with van der Waals surface area (Å²) >= 11 is 0. The molecular formula is C10H16O3S. The van der Waals surface area contributed by atoms with Crippen LogP contribution in [0.2, 0.25) is 0 Å². The Bertz CT molecular complexity index is 334. The molecule has 0 radical (unpaired) electrons. The third kappa shape index (κ3) is 3.00. The predicted molar refractivity (Wildman–Crippen MR) is 55.4 cm³/mol. The molecule has 1 fully saturated rings. The minimum atomic E-state index is -3.87. The van der Waals surface area contributed by atoms with Crippen molar-refractivity contribution in [2.75, 3.05) is 0 Å². The van der Waals surface area contributed by atoms with Crippen LogP contribution in [0.15, 0.2) is 0 Å². The van der Waals surface area contributed by atoms with E-state index in [0.29, 0.717) is 12.8 Å². The van der Waals surface area contributed by atoms with Gasteiger partial charge in [0, 0.05) is 6.42 Å². The van der Waals surface area contributed by atoms with E-state index in [1.165, 1.54) is 0 Å². The Balaban J connectivity index is 2.72. The van der Waals surface area contributed by atoms with Gasteiger partial charge in [-0.15, -0.1) is 11.8 Å². The van der Waals surface area contributed by atoms with E-state index < -0.39 is 15.4 Å². The standard InChI is InChI=1S/C10H16O3S/c1-2-3-6-9-7-4-5-8-10(9)14(11,12)13/h9-10H,4-8H2,1H3,(H,11,12,13). The molecule has 1 rings (SSSR count). The number of hydrogen-bond donors (Lipinski definition) is 1. The molecule has 0 saturated heterocycles. The van der Waals surface area contributed by atoms with Crippen molar-refractivity contribution in [2.45, 2.75) is 44.3 Å². The van der Waals surface area contributed by atoms with Crippen molar-refractivity contribution in [1.82, 2.24) is 0 Å². The molecule has 1 saturated carbocycles. The molecule has 0 aliphatic heterocycles. The molecule has 0 heterocycles. The fourth-order valence-electron chi connectivity index (χ4n) is 2.03. The quantitative estimate of drug-likeness (QED) is 0.566. The van der Waals surface area contributed by atoms with E-state index in [1.807, 2.05) is 0 Å². The van der Waals surface area contributed by atoms with E-state index in [2.05, 4.69) is 11.8 Å². The van der Waals surface area contributed by atoms with Gasteiger partial charge in [-0.25, -0.2) is 0 Å². The minimum Gasteiger partial charge on any atom is -0.285 e. The summed E-state index contributed by atoms with van der Waals surface area (Å²) in [5.41, 5.74) is 0. The molecule has 80 valence electrons. The summed E-state index contributed by atoms with van der Waals surface area (Å²) in [6.07, 6.45) is 3.96. The summed E-state index contributed by atoms with van der Waals surface area (Å²) in [5, 5.41) is -0.586. The summed E-state index contributed by atoms with van der Waals surface area (Å²) in [4.78, 5) is 0. The average Bonchev–Trinajstić information content (AvgIpc) is 2.14. The summed E-state index contributed by atoms with van der Waals surface area (Å²) in [7, 11) is -3.87. The first kappa shape index (κ1) is 11.5. The lowest BCUT2D eigenvalue weighted by Crippen LogP contribution is -2.32. The Morgan fingerprint density at radius 1 is 1.36 bits per heavy atom. The number of hydrogen-bond acceptors (Lipinski definition) is 2. The third-order valence-corrected chi connectivity index (χ3v) is 4.15. The molecule has 2 atom stereocenters. The van der Waals surface area contributed by atoms with Crippen molar-refractivity contribution in [3.63, 3.8) is 0 Å². The highest BCUT2D eigenvalue weighted by molar-refractivity contribution is 7.86. The van der Waals surface area contributed by atoms with Gasteiger partial charge in [0.25, 0.3) is 10.1 Å². The zero-order chi connectivity index (χ0) is 10.6. The first-order valence-electron chi connectivity index (χ1n) is 4.91. The molecule has 1 aliphatic rings. The van der Waals surface area contributed by atoms with Crippen LogP contribution in [0.1, 0.15) is 39.0 Å². The molecule has 0 bridgehead atoms. The maximum absolute atomic E-state index is 11.1.